The van der Waals surface area contributed by atoms with Crippen molar-refractivity contribution in [2.24, 2.45) is 5.41 Å². The van der Waals surface area contributed by atoms with Crippen molar-refractivity contribution in [1.29, 1.82) is 0 Å². The quantitative estimate of drug-likeness (QED) is 0.334. The molecule has 6 rings (SSSR count). The zero-order valence-corrected chi connectivity index (χ0v) is 21.1. The minimum absolute atomic E-state index is 0.149. The second kappa shape index (κ2) is 8.92. The van der Waals surface area contributed by atoms with Gasteiger partial charge in [0.25, 0.3) is 0 Å². The Kier molecular flexibility index (Phi) is 5.77. The van der Waals surface area contributed by atoms with E-state index in [1.807, 2.05) is 18.2 Å². The molecule has 1 aromatic carbocycles. The first-order chi connectivity index (χ1) is 18.2. The second-order valence-electron chi connectivity index (χ2n) is 10.7. The van der Waals surface area contributed by atoms with Gasteiger partial charge in [-0.1, -0.05) is 26.0 Å². The van der Waals surface area contributed by atoms with E-state index in [9.17, 15) is 13.9 Å². The van der Waals surface area contributed by atoms with Gasteiger partial charge in [-0.05, 0) is 60.1 Å². The SMILES string of the molecule is CC1(C)[C@H]2CC[C@]1(c1cccc(Nc3cnn(C[C@H](O)CO)c3)n1)c1nnc(-c3c(F)cccc3F)cc12. The lowest BCUT2D eigenvalue weighted by molar-refractivity contribution is 0.0783. The maximum atomic E-state index is 14.5. The van der Waals surface area contributed by atoms with Crippen LogP contribution in [-0.4, -0.2) is 47.9 Å². The highest BCUT2D eigenvalue weighted by atomic mass is 19.1. The van der Waals surface area contributed by atoms with Gasteiger partial charge in [0.15, 0.2) is 0 Å². The molecule has 4 aromatic rings. The Morgan fingerprint density at radius 1 is 1.13 bits per heavy atom. The van der Waals surface area contributed by atoms with Gasteiger partial charge in [0, 0.05) is 6.20 Å². The van der Waals surface area contributed by atoms with Gasteiger partial charge >= 0.3 is 0 Å². The second-order valence-corrected chi connectivity index (χ2v) is 10.7. The lowest BCUT2D eigenvalue weighted by Crippen LogP contribution is -2.37. The van der Waals surface area contributed by atoms with Crippen LogP contribution >= 0.6 is 0 Å². The molecule has 2 aliphatic carbocycles. The molecule has 3 aromatic heterocycles. The zero-order chi connectivity index (χ0) is 26.7. The van der Waals surface area contributed by atoms with Crippen LogP contribution in [0.3, 0.4) is 0 Å². The van der Waals surface area contributed by atoms with Crippen molar-refractivity contribution in [2.75, 3.05) is 11.9 Å². The standard InChI is InChI=1S/C28H28F2N6O2/c1-27(2)19-9-10-28(27,26-18(19)11-22(34-35-26)25-20(29)5-3-6-21(25)30)23-7-4-8-24(33-23)32-16-12-31-36(13-16)14-17(38)15-37/h3-8,11-13,17,19,37-38H,9-10,14-15H2,1-2H3,(H,32,33)/t17-,19-,28-/m0/s1. The summed E-state index contributed by atoms with van der Waals surface area (Å²) in [6.07, 6.45) is 4.23. The highest BCUT2D eigenvalue weighted by Crippen LogP contribution is 2.69. The van der Waals surface area contributed by atoms with E-state index in [4.69, 9.17) is 10.1 Å². The molecule has 8 nitrogen and oxygen atoms in total. The highest BCUT2D eigenvalue weighted by molar-refractivity contribution is 5.64. The van der Waals surface area contributed by atoms with Crippen LogP contribution in [0.4, 0.5) is 20.3 Å². The maximum absolute atomic E-state index is 14.5. The Bertz CT molecular complexity index is 1500. The predicted octanol–water partition coefficient (Wildman–Crippen LogP) is 4.31. The molecule has 0 radical (unpaired) electrons. The Labute approximate surface area is 218 Å². The number of aliphatic hydroxyl groups is 2. The Morgan fingerprint density at radius 3 is 2.66 bits per heavy atom. The Morgan fingerprint density at radius 2 is 1.89 bits per heavy atom. The van der Waals surface area contributed by atoms with Gasteiger partial charge in [0.05, 0.1) is 59.2 Å². The molecule has 0 saturated heterocycles. The number of halogens is 2. The summed E-state index contributed by atoms with van der Waals surface area (Å²) in [7, 11) is 0. The number of rotatable bonds is 7. The molecule has 0 aliphatic heterocycles. The number of benzene rings is 1. The van der Waals surface area contributed by atoms with Crippen molar-refractivity contribution >= 4 is 11.5 Å². The third kappa shape index (κ3) is 3.62. The summed E-state index contributed by atoms with van der Waals surface area (Å²) in [5, 5.41) is 35.1. The van der Waals surface area contributed by atoms with Crippen LogP contribution in [-0.2, 0) is 12.0 Å². The fourth-order valence-corrected chi connectivity index (χ4v) is 6.45. The molecule has 38 heavy (non-hydrogen) atoms. The molecule has 0 unspecified atom stereocenters. The van der Waals surface area contributed by atoms with Gasteiger partial charge in [-0.3, -0.25) is 4.68 Å². The van der Waals surface area contributed by atoms with Crippen LogP contribution in [0.25, 0.3) is 11.3 Å². The number of nitrogens with zero attached hydrogens (tertiary/aromatic N) is 5. The molecular weight excluding hydrogens is 490 g/mol. The van der Waals surface area contributed by atoms with Gasteiger partial charge in [-0.2, -0.15) is 10.2 Å². The molecule has 3 heterocycles. The fourth-order valence-electron chi connectivity index (χ4n) is 6.45. The van der Waals surface area contributed by atoms with Gasteiger partial charge < -0.3 is 15.5 Å². The third-order valence-electron chi connectivity index (χ3n) is 8.30. The summed E-state index contributed by atoms with van der Waals surface area (Å²) in [5.74, 6) is -0.543. The molecule has 1 fully saturated rings. The first-order valence-electron chi connectivity index (χ1n) is 12.6. The van der Waals surface area contributed by atoms with Gasteiger partial charge in [-0.15, -0.1) is 5.10 Å². The number of nitrogens with one attached hydrogen (secondary N) is 1. The van der Waals surface area contributed by atoms with Crippen LogP contribution < -0.4 is 5.32 Å². The summed E-state index contributed by atoms with van der Waals surface area (Å²) in [5.41, 5.74) is 2.64. The van der Waals surface area contributed by atoms with Crippen LogP contribution in [0.5, 0.6) is 0 Å². The number of hydrogen-bond acceptors (Lipinski definition) is 7. The average molecular weight is 519 g/mol. The first kappa shape index (κ1) is 24.6. The number of aromatic nitrogens is 5. The minimum Gasteiger partial charge on any atom is -0.394 e. The minimum atomic E-state index is -0.889. The number of pyridine rings is 1. The normalized spacial score (nSPS) is 21.9. The number of anilines is 2. The molecule has 196 valence electrons. The van der Waals surface area contributed by atoms with E-state index in [0.29, 0.717) is 11.5 Å². The third-order valence-corrected chi connectivity index (χ3v) is 8.30. The highest BCUT2D eigenvalue weighted by Gasteiger charge is 2.65. The summed E-state index contributed by atoms with van der Waals surface area (Å²) in [6.45, 7) is 4.24. The van der Waals surface area contributed by atoms with E-state index in [0.717, 1.165) is 29.8 Å². The average Bonchev–Trinajstić information content (AvgIpc) is 3.50. The molecule has 0 spiro atoms. The van der Waals surface area contributed by atoms with Crippen LogP contribution in [0.2, 0.25) is 0 Å². The summed E-state index contributed by atoms with van der Waals surface area (Å²) in [4.78, 5) is 4.98. The van der Waals surface area contributed by atoms with E-state index in [1.54, 1.807) is 23.1 Å². The number of fused-ring (bicyclic) bond motifs is 5. The summed E-state index contributed by atoms with van der Waals surface area (Å²) in [6, 6.07) is 11.4. The monoisotopic (exact) mass is 518 g/mol. The lowest BCUT2D eigenvalue weighted by atomic mass is 9.66. The lowest BCUT2D eigenvalue weighted by Gasteiger charge is -2.37. The van der Waals surface area contributed by atoms with E-state index >= 15 is 0 Å². The van der Waals surface area contributed by atoms with Crippen molar-refractivity contribution in [2.45, 2.75) is 50.7 Å². The number of aliphatic hydroxyl groups excluding tert-OH is 2. The first-order valence-corrected chi connectivity index (χ1v) is 12.6. The van der Waals surface area contributed by atoms with Crippen molar-refractivity contribution < 1.29 is 19.0 Å². The molecule has 2 bridgehead atoms. The number of hydrogen-bond donors (Lipinski definition) is 3. The van der Waals surface area contributed by atoms with Crippen molar-refractivity contribution in [1.82, 2.24) is 25.0 Å². The smallest absolute Gasteiger partial charge is 0.135 e. The van der Waals surface area contributed by atoms with Gasteiger partial charge in [0.2, 0.25) is 0 Å². The maximum Gasteiger partial charge on any atom is 0.135 e. The van der Waals surface area contributed by atoms with Crippen LogP contribution in [0.15, 0.2) is 54.9 Å². The molecule has 3 atom stereocenters. The van der Waals surface area contributed by atoms with Crippen LogP contribution in [0, 0.1) is 17.0 Å². The zero-order valence-electron chi connectivity index (χ0n) is 21.1. The van der Waals surface area contributed by atoms with Crippen LogP contribution in [0.1, 0.15) is 49.6 Å². The Hall–Kier alpha value is -3.76. The van der Waals surface area contributed by atoms with E-state index in [2.05, 4.69) is 34.5 Å². The fraction of sp³-hybridized carbons (Fsp3) is 0.357. The van der Waals surface area contributed by atoms with E-state index in [1.165, 1.54) is 18.2 Å². The molecule has 0 amide bonds. The summed E-state index contributed by atoms with van der Waals surface area (Å²) >= 11 is 0. The summed E-state index contributed by atoms with van der Waals surface area (Å²) < 4.78 is 30.6. The topological polar surface area (TPSA) is 109 Å². The predicted molar refractivity (Wildman–Crippen MR) is 137 cm³/mol. The molecule has 10 heteroatoms. The van der Waals surface area contributed by atoms with Crippen molar-refractivity contribution in [3.63, 3.8) is 0 Å². The van der Waals surface area contributed by atoms with Gasteiger partial charge in [-0.25, -0.2) is 13.8 Å². The van der Waals surface area contributed by atoms with Crippen molar-refractivity contribution in [3.8, 4) is 11.3 Å². The van der Waals surface area contributed by atoms with Crippen molar-refractivity contribution in [3.05, 3.63) is 83.4 Å². The van der Waals surface area contributed by atoms with E-state index < -0.39 is 23.2 Å². The Balaban J connectivity index is 1.37. The molecular formula is C28H28F2N6O2. The van der Waals surface area contributed by atoms with Gasteiger partial charge in [0.1, 0.15) is 17.5 Å². The van der Waals surface area contributed by atoms with E-state index in [-0.39, 0.29) is 35.7 Å². The molecule has 2 aliphatic rings. The molecule has 1 saturated carbocycles. The molecule has 3 N–H and O–H groups in total. The largest absolute Gasteiger partial charge is 0.394 e.